The van der Waals surface area contributed by atoms with Crippen molar-refractivity contribution in [3.63, 3.8) is 0 Å². The van der Waals surface area contributed by atoms with Crippen LogP contribution in [0.1, 0.15) is 43.4 Å². The van der Waals surface area contributed by atoms with Crippen LogP contribution in [0.25, 0.3) is 0 Å². The molecule has 0 amide bonds. The van der Waals surface area contributed by atoms with E-state index >= 15 is 0 Å². The summed E-state index contributed by atoms with van der Waals surface area (Å²) in [6, 6.07) is 2.26. The summed E-state index contributed by atoms with van der Waals surface area (Å²) >= 11 is 5.42. The summed E-state index contributed by atoms with van der Waals surface area (Å²) in [5.74, 6) is 3.12. The fourth-order valence-electron chi connectivity index (χ4n) is 5.05. The van der Waals surface area contributed by atoms with Gasteiger partial charge in [-0.15, -0.1) is 11.3 Å². The number of thiophene rings is 1. The van der Waals surface area contributed by atoms with Crippen LogP contribution in [-0.2, 0) is 6.54 Å². The van der Waals surface area contributed by atoms with E-state index in [9.17, 15) is 0 Å². The molecule has 5 rings (SSSR count). The van der Waals surface area contributed by atoms with Crippen LogP contribution in [0.4, 0.5) is 0 Å². The van der Waals surface area contributed by atoms with E-state index in [-0.39, 0.29) is 0 Å². The van der Waals surface area contributed by atoms with Gasteiger partial charge >= 0.3 is 0 Å². The first-order valence-electron chi connectivity index (χ1n) is 7.19. The first kappa shape index (κ1) is 11.9. The summed E-state index contributed by atoms with van der Waals surface area (Å²) in [6.07, 6.45) is 8.95. The van der Waals surface area contributed by atoms with Gasteiger partial charge in [0, 0.05) is 26.8 Å². The molecule has 1 nitrogen and oxygen atoms in total. The summed E-state index contributed by atoms with van der Waals surface area (Å²) in [5, 5.41) is 6.14. The van der Waals surface area contributed by atoms with Crippen LogP contribution in [0.5, 0.6) is 0 Å². The van der Waals surface area contributed by atoms with Crippen molar-refractivity contribution in [2.24, 2.45) is 17.8 Å². The van der Waals surface area contributed by atoms with Gasteiger partial charge in [-0.2, -0.15) is 0 Å². The highest BCUT2D eigenvalue weighted by atomic mass is 79.9. The Bertz CT molecular complexity index is 418. The van der Waals surface area contributed by atoms with Crippen molar-refractivity contribution in [1.29, 1.82) is 0 Å². The van der Waals surface area contributed by atoms with E-state index in [0.717, 1.165) is 24.3 Å². The summed E-state index contributed by atoms with van der Waals surface area (Å²) in [6.45, 7) is 1.07. The Kier molecular flexibility index (Phi) is 2.86. The Morgan fingerprint density at radius 1 is 1.17 bits per heavy atom. The van der Waals surface area contributed by atoms with E-state index in [1.54, 1.807) is 0 Å². The van der Waals surface area contributed by atoms with Gasteiger partial charge in [0.05, 0.1) is 0 Å². The van der Waals surface area contributed by atoms with Gasteiger partial charge in [-0.05, 0) is 78.3 Å². The maximum Gasteiger partial charge on any atom is 0.0305 e. The SMILES string of the molecule is Brc1csc(CNC23CC4CC(CC(C4)C2)C3)c1. The third kappa shape index (κ3) is 2.08. The summed E-state index contributed by atoms with van der Waals surface area (Å²) < 4.78 is 1.23. The zero-order valence-corrected chi connectivity index (χ0v) is 13.0. The maximum absolute atomic E-state index is 3.95. The minimum atomic E-state index is 0.505. The van der Waals surface area contributed by atoms with E-state index in [0.29, 0.717) is 5.54 Å². The maximum atomic E-state index is 3.95. The lowest BCUT2D eigenvalue weighted by molar-refractivity contribution is -0.0204. The van der Waals surface area contributed by atoms with Gasteiger partial charge < -0.3 is 5.32 Å². The van der Waals surface area contributed by atoms with Crippen molar-refractivity contribution in [2.75, 3.05) is 0 Å². The van der Waals surface area contributed by atoms with Crippen LogP contribution < -0.4 is 5.32 Å². The summed E-state index contributed by atoms with van der Waals surface area (Å²) in [7, 11) is 0. The third-order valence-electron chi connectivity index (χ3n) is 5.30. The standard InChI is InChI=1S/C15H20BrNS/c16-13-4-14(18-9-13)8-17-15-5-10-1-11(6-15)3-12(2-10)7-15/h4,9-12,17H,1-3,5-8H2. The molecule has 1 N–H and O–H groups in total. The Hall–Kier alpha value is 0.140. The fourth-order valence-corrected chi connectivity index (χ4v) is 6.44. The second kappa shape index (κ2) is 4.32. The van der Waals surface area contributed by atoms with Crippen molar-refractivity contribution in [3.05, 3.63) is 20.8 Å². The van der Waals surface area contributed by atoms with E-state index < -0.39 is 0 Å². The normalized spacial score (nSPS) is 41.5. The van der Waals surface area contributed by atoms with Crippen LogP contribution in [0.2, 0.25) is 0 Å². The molecule has 18 heavy (non-hydrogen) atoms. The molecular weight excluding hydrogens is 306 g/mol. The van der Waals surface area contributed by atoms with Crippen LogP contribution >= 0.6 is 27.3 Å². The molecule has 0 aliphatic heterocycles. The molecular formula is C15H20BrNS. The lowest BCUT2D eigenvalue weighted by Crippen LogP contribution is -2.58. The average molecular weight is 326 g/mol. The molecule has 1 aromatic rings. The lowest BCUT2D eigenvalue weighted by Gasteiger charge is -2.57. The van der Waals surface area contributed by atoms with Gasteiger partial charge in [0.2, 0.25) is 0 Å². The highest BCUT2D eigenvalue weighted by Gasteiger charge is 2.50. The molecule has 0 atom stereocenters. The topological polar surface area (TPSA) is 12.0 Å². The third-order valence-corrected chi connectivity index (χ3v) is 7.00. The first-order valence-corrected chi connectivity index (χ1v) is 8.86. The second-order valence-corrected chi connectivity index (χ2v) is 8.69. The fraction of sp³-hybridized carbons (Fsp3) is 0.733. The van der Waals surface area contributed by atoms with Gasteiger partial charge in [-0.1, -0.05) is 0 Å². The molecule has 0 spiro atoms. The number of hydrogen-bond donors (Lipinski definition) is 1. The molecule has 4 saturated carbocycles. The van der Waals surface area contributed by atoms with Gasteiger partial charge in [-0.3, -0.25) is 0 Å². The van der Waals surface area contributed by atoms with Crippen molar-refractivity contribution >= 4 is 27.3 Å². The monoisotopic (exact) mass is 325 g/mol. The van der Waals surface area contributed by atoms with Crippen molar-refractivity contribution in [3.8, 4) is 0 Å². The lowest BCUT2D eigenvalue weighted by atomic mass is 9.53. The molecule has 0 saturated heterocycles. The van der Waals surface area contributed by atoms with Gasteiger partial charge in [-0.25, -0.2) is 0 Å². The molecule has 0 aromatic carbocycles. The quantitative estimate of drug-likeness (QED) is 0.858. The van der Waals surface area contributed by atoms with Gasteiger partial charge in [0.25, 0.3) is 0 Å². The largest absolute Gasteiger partial charge is 0.306 e. The molecule has 4 aliphatic carbocycles. The van der Waals surface area contributed by atoms with Crippen molar-refractivity contribution < 1.29 is 0 Å². The predicted molar refractivity (Wildman–Crippen MR) is 79.8 cm³/mol. The smallest absolute Gasteiger partial charge is 0.0305 e. The van der Waals surface area contributed by atoms with E-state index in [4.69, 9.17) is 0 Å². The Balaban J connectivity index is 1.47. The van der Waals surface area contributed by atoms with E-state index in [1.807, 2.05) is 11.3 Å². The van der Waals surface area contributed by atoms with E-state index in [2.05, 4.69) is 32.7 Å². The zero-order valence-electron chi connectivity index (χ0n) is 10.6. The van der Waals surface area contributed by atoms with Crippen LogP contribution in [0, 0.1) is 17.8 Å². The average Bonchev–Trinajstić information content (AvgIpc) is 2.71. The van der Waals surface area contributed by atoms with Crippen molar-refractivity contribution in [2.45, 2.75) is 50.6 Å². The summed E-state index contributed by atoms with van der Waals surface area (Å²) in [5.41, 5.74) is 0.505. The first-order chi connectivity index (χ1) is 8.71. The molecule has 4 bridgehead atoms. The minimum absolute atomic E-state index is 0.505. The van der Waals surface area contributed by atoms with Crippen molar-refractivity contribution in [1.82, 2.24) is 5.32 Å². The Morgan fingerprint density at radius 2 is 1.78 bits per heavy atom. The Morgan fingerprint density at radius 3 is 2.28 bits per heavy atom. The van der Waals surface area contributed by atoms with Crippen LogP contribution in [0.3, 0.4) is 0 Å². The number of rotatable bonds is 3. The minimum Gasteiger partial charge on any atom is -0.306 e. The summed E-state index contributed by atoms with van der Waals surface area (Å²) in [4.78, 5) is 1.47. The molecule has 3 heteroatoms. The molecule has 0 unspecified atom stereocenters. The molecule has 1 aromatic heterocycles. The van der Waals surface area contributed by atoms with E-state index in [1.165, 1.54) is 47.9 Å². The highest BCUT2D eigenvalue weighted by Crippen LogP contribution is 2.55. The van der Waals surface area contributed by atoms with Crippen LogP contribution in [0.15, 0.2) is 15.9 Å². The zero-order chi connectivity index (χ0) is 12.2. The number of halogens is 1. The molecule has 0 radical (unpaired) electrons. The Labute approximate surface area is 121 Å². The number of nitrogens with one attached hydrogen (secondary N) is 1. The number of hydrogen-bond acceptors (Lipinski definition) is 2. The van der Waals surface area contributed by atoms with Gasteiger partial charge in [0.1, 0.15) is 0 Å². The predicted octanol–water partition coefficient (Wildman–Crippen LogP) is 4.57. The molecule has 4 fully saturated rings. The molecule has 98 valence electrons. The molecule has 4 aliphatic rings. The highest BCUT2D eigenvalue weighted by molar-refractivity contribution is 9.10. The molecule has 1 heterocycles. The second-order valence-electron chi connectivity index (χ2n) is 6.78. The van der Waals surface area contributed by atoms with Gasteiger partial charge in [0.15, 0.2) is 0 Å². The van der Waals surface area contributed by atoms with Crippen LogP contribution in [-0.4, -0.2) is 5.54 Å².